The Morgan fingerprint density at radius 1 is 1.24 bits per heavy atom. The van der Waals surface area contributed by atoms with Gasteiger partial charge in [-0.3, -0.25) is 14.4 Å². The second kappa shape index (κ2) is 10.2. The molecule has 3 aliphatic rings. The van der Waals surface area contributed by atoms with Crippen LogP contribution in [0.5, 0.6) is 0 Å². The normalized spacial score (nSPS) is 30.7. The topological polar surface area (TPSA) is 90.4 Å². The minimum atomic E-state index is -1.19. The summed E-state index contributed by atoms with van der Waals surface area (Å²) < 4.78 is 6.78. The van der Waals surface area contributed by atoms with E-state index in [4.69, 9.17) is 16.3 Å². The number of benzene rings is 1. The quantitative estimate of drug-likeness (QED) is 0.470. The first-order valence-electron chi connectivity index (χ1n) is 12.8. The average Bonchev–Trinajstić information content (AvgIpc) is 3.50. The summed E-state index contributed by atoms with van der Waals surface area (Å²) in [5.41, 5.74) is -1.54. The van der Waals surface area contributed by atoms with Gasteiger partial charge in [0.1, 0.15) is 11.6 Å². The van der Waals surface area contributed by atoms with Gasteiger partial charge in [0, 0.05) is 20.1 Å². The van der Waals surface area contributed by atoms with Crippen molar-refractivity contribution in [1.82, 2.24) is 9.80 Å². The molecule has 1 aromatic carbocycles. The second-order valence-corrected chi connectivity index (χ2v) is 10.7. The number of anilines is 1. The largest absolute Gasteiger partial charge is 0.394 e. The number of aliphatic hydroxyl groups excluding tert-OH is 1. The molecule has 0 aliphatic carbocycles. The highest BCUT2D eigenvalue weighted by molar-refractivity contribution is 6.34. The maximum absolute atomic E-state index is 14.5. The van der Waals surface area contributed by atoms with Crippen molar-refractivity contribution in [3.05, 3.63) is 54.6 Å². The van der Waals surface area contributed by atoms with Crippen molar-refractivity contribution in [2.75, 3.05) is 31.6 Å². The van der Waals surface area contributed by atoms with Crippen molar-refractivity contribution in [3.63, 3.8) is 0 Å². The molecule has 6 atom stereocenters. The molecule has 200 valence electrons. The van der Waals surface area contributed by atoms with Crippen LogP contribution < -0.4 is 4.90 Å². The molecule has 4 rings (SSSR count). The van der Waals surface area contributed by atoms with E-state index >= 15 is 0 Å². The van der Waals surface area contributed by atoms with Crippen LogP contribution in [0.2, 0.25) is 5.02 Å². The first-order chi connectivity index (χ1) is 17.6. The van der Waals surface area contributed by atoms with Crippen LogP contribution in [0.1, 0.15) is 33.1 Å². The summed E-state index contributed by atoms with van der Waals surface area (Å²) >= 11 is 6.48. The molecular weight excluding hydrogens is 494 g/mol. The number of nitrogens with zero attached hydrogens (tertiary/aromatic N) is 3. The van der Waals surface area contributed by atoms with Crippen molar-refractivity contribution < 1.29 is 24.2 Å². The Morgan fingerprint density at radius 3 is 2.51 bits per heavy atom. The Hall–Kier alpha value is -2.68. The Morgan fingerprint density at radius 2 is 1.92 bits per heavy atom. The number of hydrogen-bond donors (Lipinski definition) is 1. The molecule has 3 amide bonds. The molecule has 2 bridgehead atoms. The fraction of sp³-hybridized carbons (Fsp3) is 0.536. The Bertz CT molecular complexity index is 1110. The van der Waals surface area contributed by atoms with Crippen LogP contribution >= 0.6 is 11.6 Å². The van der Waals surface area contributed by atoms with Gasteiger partial charge in [-0.15, -0.1) is 13.2 Å². The van der Waals surface area contributed by atoms with Gasteiger partial charge in [0.15, 0.2) is 0 Å². The lowest BCUT2D eigenvalue weighted by Gasteiger charge is -2.38. The van der Waals surface area contributed by atoms with Gasteiger partial charge in [-0.25, -0.2) is 0 Å². The standard InChI is InChI=1S/C28H36ClN3O5/c1-6-15-30(5)24(34)21-22-25(35)32(18(4)17-33)23(28(22)14-13-27(21,8-3)37-28)26(36)31(16-7-2)20-12-10-9-11-19(20)29/h6-7,9-12,18,21-23,33H,1-2,8,13-17H2,3-5H3/t18-,21+,22+,23?,27-,28?/m1/s1. The van der Waals surface area contributed by atoms with Gasteiger partial charge in [-0.2, -0.15) is 0 Å². The molecule has 9 heteroatoms. The van der Waals surface area contributed by atoms with Crippen LogP contribution in [0, 0.1) is 11.8 Å². The Balaban J connectivity index is 1.86. The minimum Gasteiger partial charge on any atom is -0.394 e. The van der Waals surface area contributed by atoms with E-state index in [0.717, 1.165) is 0 Å². The van der Waals surface area contributed by atoms with Crippen molar-refractivity contribution in [1.29, 1.82) is 0 Å². The van der Waals surface area contributed by atoms with E-state index in [1.54, 1.807) is 55.3 Å². The highest BCUT2D eigenvalue weighted by Crippen LogP contribution is 2.65. The summed E-state index contributed by atoms with van der Waals surface area (Å²) in [5, 5.41) is 10.5. The predicted molar refractivity (Wildman–Crippen MR) is 142 cm³/mol. The summed E-state index contributed by atoms with van der Waals surface area (Å²) in [4.78, 5) is 46.9. The van der Waals surface area contributed by atoms with E-state index in [-0.39, 0.29) is 30.9 Å². The number of likely N-dealkylation sites (N-methyl/N-ethyl adjacent to an activating group) is 1. The van der Waals surface area contributed by atoms with E-state index in [9.17, 15) is 19.5 Å². The molecule has 2 unspecified atom stereocenters. The first kappa shape index (κ1) is 27.4. The predicted octanol–water partition coefficient (Wildman–Crippen LogP) is 3.04. The number of likely N-dealkylation sites (tertiary alicyclic amines) is 1. The second-order valence-electron chi connectivity index (χ2n) is 10.3. The highest BCUT2D eigenvalue weighted by Gasteiger charge is 2.79. The molecular formula is C28H36ClN3O5. The van der Waals surface area contributed by atoms with Crippen molar-refractivity contribution in [3.8, 4) is 0 Å². The fourth-order valence-corrected chi connectivity index (χ4v) is 6.89. The van der Waals surface area contributed by atoms with Gasteiger partial charge in [0.25, 0.3) is 5.91 Å². The van der Waals surface area contributed by atoms with Gasteiger partial charge in [0.2, 0.25) is 11.8 Å². The van der Waals surface area contributed by atoms with Gasteiger partial charge >= 0.3 is 0 Å². The Kier molecular flexibility index (Phi) is 7.57. The molecule has 8 nitrogen and oxygen atoms in total. The molecule has 37 heavy (non-hydrogen) atoms. The van der Waals surface area contributed by atoms with Gasteiger partial charge in [-0.1, -0.05) is 42.8 Å². The zero-order chi connectivity index (χ0) is 27.1. The van der Waals surface area contributed by atoms with Crippen LogP contribution in [-0.2, 0) is 19.1 Å². The molecule has 3 fully saturated rings. The lowest BCUT2D eigenvalue weighted by Crippen LogP contribution is -2.58. The first-order valence-corrected chi connectivity index (χ1v) is 13.2. The lowest BCUT2D eigenvalue weighted by atomic mass is 9.64. The number of carbonyl (C=O) groups is 3. The number of rotatable bonds is 10. The third-order valence-corrected chi connectivity index (χ3v) is 8.68. The van der Waals surface area contributed by atoms with Crippen LogP contribution in [0.3, 0.4) is 0 Å². The maximum atomic E-state index is 14.5. The van der Waals surface area contributed by atoms with E-state index in [1.165, 1.54) is 9.80 Å². The summed E-state index contributed by atoms with van der Waals surface area (Å²) in [6.07, 6.45) is 4.80. The SMILES string of the molecule is C=CCN(C)C(=O)[C@@H]1[C@H]2C(=O)N([C@H](C)CO)C(C(=O)N(CC=C)c3ccccc3Cl)C23CC[C@@]1(CC)O3. The van der Waals surface area contributed by atoms with Gasteiger partial charge < -0.3 is 24.5 Å². The Labute approximate surface area is 223 Å². The molecule has 3 aliphatic heterocycles. The fourth-order valence-electron chi connectivity index (χ4n) is 6.65. The third kappa shape index (κ3) is 4.01. The maximum Gasteiger partial charge on any atom is 0.253 e. The van der Waals surface area contributed by atoms with Crippen molar-refractivity contribution in [2.45, 2.75) is 56.4 Å². The number of aliphatic hydroxyl groups is 1. The molecule has 0 aromatic heterocycles. The number of amides is 3. The number of halogens is 1. The van der Waals surface area contributed by atoms with Crippen LogP contribution in [-0.4, -0.2) is 82.7 Å². The monoisotopic (exact) mass is 529 g/mol. The molecule has 3 saturated heterocycles. The lowest BCUT2D eigenvalue weighted by molar-refractivity contribution is -0.152. The van der Waals surface area contributed by atoms with Crippen LogP contribution in [0.15, 0.2) is 49.6 Å². The minimum absolute atomic E-state index is 0.165. The van der Waals surface area contributed by atoms with Crippen LogP contribution in [0.25, 0.3) is 0 Å². The summed E-state index contributed by atoms with van der Waals surface area (Å²) in [6, 6.07) is 5.32. The van der Waals surface area contributed by atoms with Crippen molar-refractivity contribution in [2.24, 2.45) is 11.8 Å². The van der Waals surface area contributed by atoms with E-state index in [1.807, 2.05) is 6.92 Å². The van der Waals surface area contributed by atoms with E-state index in [0.29, 0.717) is 36.5 Å². The van der Waals surface area contributed by atoms with Gasteiger partial charge in [0.05, 0.1) is 40.8 Å². The van der Waals surface area contributed by atoms with Gasteiger partial charge in [-0.05, 0) is 38.3 Å². The van der Waals surface area contributed by atoms with Crippen molar-refractivity contribution >= 4 is 35.0 Å². The third-order valence-electron chi connectivity index (χ3n) is 8.36. The highest BCUT2D eigenvalue weighted by atomic mass is 35.5. The summed E-state index contributed by atoms with van der Waals surface area (Å²) in [6.45, 7) is 11.4. The molecule has 0 saturated carbocycles. The number of para-hydroxylation sites is 1. The molecule has 1 N–H and O–H groups in total. The number of hydrogen-bond acceptors (Lipinski definition) is 5. The molecule has 3 heterocycles. The van der Waals surface area contributed by atoms with E-state index in [2.05, 4.69) is 13.2 Å². The smallest absolute Gasteiger partial charge is 0.253 e. The van der Waals surface area contributed by atoms with E-state index < -0.39 is 35.1 Å². The summed E-state index contributed by atoms with van der Waals surface area (Å²) in [7, 11) is 1.69. The molecule has 0 radical (unpaired) electrons. The van der Waals surface area contributed by atoms with Crippen LogP contribution in [0.4, 0.5) is 5.69 Å². The summed E-state index contributed by atoms with van der Waals surface area (Å²) in [5.74, 6) is -2.47. The zero-order valence-corrected chi connectivity index (χ0v) is 22.5. The number of carbonyl (C=O) groups excluding carboxylic acids is 3. The molecule has 1 aromatic rings. The number of fused-ring (bicyclic) bond motifs is 1. The zero-order valence-electron chi connectivity index (χ0n) is 21.7. The number of ether oxygens (including phenoxy) is 1. The average molecular weight is 530 g/mol. The molecule has 1 spiro atoms.